The van der Waals surface area contributed by atoms with Crippen LogP contribution >= 0.6 is 0 Å². The Morgan fingerprint density at radius 3 is 1.57 bits per heavy atom. The molecule has 0 aromatic heterocycles. The molecule has 0 aliphatic heterocycles. The van der Waals surface area contributed by atoms with E-state index in [1.807, 2.05) is 0 Å². The van der Waals surface area contributed by atoms with Gasteiger partial charge in [-0.2, -0.15) is 0 Å². The second-order valence-electron chi connectivity index (χ2n) is 12.2. The predicted molar refractivity (Wildman–Crippen MR) is 183 cm³/mol. The molecule has 3 aromatic rings. The normalized spacial score (nSPS) is 24.5. The second-order valence-corrected chi connectivity index (χ2v) is 13.3. The lowest BCUT2D eigenvalue weighted by molar-refractivity contribution is 0.873. The Hall–Kier alpha value is -4.20. The second kappa shape index (κ2) is 10.9. The van der Waals surface area contributed by atoms with Crippen LogP contribution in [0.5, 0.6) is 0 Å². The fourth-order valence-corrected chi connectivity index (χ4v) is 8.08. The van der Waals surface area contributed by atoms with Crippen molar-refractivity contribution in [1.82, 2.24) is 0 Å². The summed E-state index contributed by atoms with van der Waals surface area (Å²) in [6.07, 6.45) is 23.4. The molecule has 42 heavy (non-hydrogen) atoms. The molecule has 0 fully saturated rings. The third kappa shape index (κ3) is 4.44. The summed E-state index contributed by atoms with van der Waals surface area (Å²) in [5, 5.41) is 1.50. The third-order valence-corrected chi connectivity index (χ3v) is 10.8. The van der Waals surface area contributed by atoms with Crippen molar-refractivity contribution in [3.8, 4) is 0 Å². The van der Waals surface area contributed by atoms with Crippen molar-refractivity contribution in [2.24, 2.45) is 0 Å². The minimum atomic E-state index is 0.258. The number of hydrogen-bond donors (Lipinski definition) is 0. The van der Waals surface area contributed by atoms with E-state index in [9.17, 15) is 0 Å². The average molecular weight is 559 g/mol. The van der Waals surface area contributed by atoms with E-state index in [0.717, 1.165) is 10.2 Å². The first-order chi connectivity index (χ1) is 20.5. The Labute approximate surface area is 254 Å². The lowest BCUT2D eigenvalue weighted by Crippen LogP contribution is -2.18. The Bertz CT molecular complexity index is 1800. The molecule has 0 bridgehead atoms. The maximum Gasteiger partial charge on any atom is 0.0388 e. The zero-order chi connectivity index (χ0) is 28.8. The lowest BCUT2D eigenvalue weighted by atomic mass is 9.76. The minimum absolute atomic E-state index is 0.258. The SMILES string of the molecule is CC1=CC2=C(C=CC=CC2c2ccccc2)C1c1ccc([SiH3])c(C)c1C1C(C)=CC2=C1C=CC=CC2c1ccccc1. The van der Waals surface area contributed by atoms with E-state index in [2.05, 4.69) is 154 Å². The molecule has 0 amide bonds. The Morgan fingerprint density at radius 1 is 0.524 bits per heavy atom. The van der Waals surface area contributed by atoms with Crippen molar-refractivity contribution in [2.45, 2.75) is 44.4 Å². The van der Waals surface area contributed by atoms with Crippen LogP contribution in [0.3, 0.4) is 0 Å². The number of benzene rings is 3. The van der Waals surface area contributed by atoms with Crippen molar-refractivity contribution in [2.75, 3.05) is 0 Å². The molecule has 0 N–H and O–H groups in total. The molecule has 206 valence electrons. The van der Waals surface area contributed by atoms with Crippen molar-refractivity contribution in [3.05, 3.63) is 195 Å². The van der Waals surface area contributed by atoms with Gasteiger partial charge >= 0.3 is 0 Å². The topological polar surface area (TPSA) is 0 Å². The van der Waals surface area contributed by atoms with E-state index in [1.165, 1.54) is 66.4 Å². The van der Waals surface area contributed by atoms with Gasteiger partial charge in [0.15, 0.2) is 0 Å². The molecule has 0 radical (unpaired) electrons. The molecule has 0 saturated heterocycles. The van der Waals surface area contributed by atoms with Gasteiger partial charge in [0.2, 0.25) is 0 Å². The van der Waals surface area contributed by atoms with E-state index in [-0.39, 0.29) is 23.7 Å². The summed E-state index contributed by atoms with van der Waals surface area (Å²) in [4.78, 5) is 0. The van der Waals surface area contributed by atoms with Crippen LogP contribution in [-0.2, 0) is 0 Å². The highest BCUT2D eigenvalue weighted by molar-refractivity contribution is 6.33. The Kier molecular flexibility index (Phi) is 6.92. The monoisotopic (exact) mass is 558 g/mol. The van der Waals surface area contributed by atoms with E-state index >= 15 is 0 Å². The van der Waals surface area contributed by atoms with Gasteiger partial charge in [0.05, 0.1) is 0 Å². The number of allylic oxidation sites excluding steroid dienone is 16. The summed E-state index contributed by atoms with van der Waals surface area (Å²) in [5.41, 5.74) is 15.9. The molecule has 7 rings (SSSR count). The van der Waals surface area contributed by atoms with Crippen LogP contribution in [0.15, 0.2) is 167 Å². The van der Waals surface area contributed by atoms with Gasteiger partial charge in [-0.3, -0.25) is 0 Å². The van der Waals surface area contributed by atoms with E-state index in [1.54, 1.807) is 0 Å². The number of rotatable bonds is 4. The molecule has 4 atom stereocenters. The van der Waals surface area contributed by atoms with Crippen molar-refractivity contribution in [1.29, 1.82) is 0 Å². The Balaban J connectivity index is 1.39. The largest absolute Gasteiger partial charge is 0.0726 e. The first-order valence-electron chi connectivity index (χ1n) is 15.3. The number of hydrogen-bond acceptors (Lipinski definition) is 0. The zero-order valence-electron chi connectivity index (χ0n) is 25.0. The van der Waals surface area contributed by atoms with Crippen LogP contribution < -0.4 is 5.19 Å². The molecule has 0 nitrogen and oxygen atoms in total. The molecule has 0 spiro atoms. The zero-order valence-corrected chi connectivity index (χ0v) is 27.0. The highest BCUT2D eigenvalue weighted by Gasteiger charge is 2.36. The smallest absolute Gasteiger partial charge is 0.0388 e. The van der Waals surface area contributed by atoms with Crippen LogP contribution in [0.25, 0.3) is 0 Å². The Morgan fingerprint density at radius 2 is 1.02 bits per heavy atom. The van der Waals surface area contributed by atoms with Gasteiger partial charge in [0.25, 0.3) is 0 Å². The van der Waals surface area contributed by atoms with Gasteiger partial charge in [-0.25, -0.2) is 0 Å². The van der Waals surface area contributed by atoms with Crippen LogP contribution in [0, 0.1) is 6.92 Å². The fourth-order valence-electron chi connectivity index (χ4n) is 7.64. The summed E-state index contributed by atoms with van der Waals surface area (Å²) in [6.45, 7) is 7.07. The van der Waals surface area contributed by atoms with Crippen molar-refractivity contribution < 1.29 is 0 Å². The molecule has 4 aliphatic carbocycles. The van der Waals surface area contributed by atoms with Gasteiger partial charge in [-0.15, -0.1) is 0 Å². The van der Waals surface area contributed by atoms with Crippen LogP contribution in [0.2, 0.25) is 0 Å². The first-order valence-corrected chi connectivity index (χ1v) is 16.3. The average Bonchev–Trinajstić information content (AvgIpc) is 3.30. The highest BCUT2D eigenvalue weighted by Crippen LogP contribution is 2.52. The third-order valence-electron chi connectivity index (χ3n) is 9.75. The molecule has 4 unspecified atom stereocenters. The molecule has 4 aliphatic rings. The summed E-state index contributed by atoms with van der Waals surface area (Å²) in [6, 6.07) is 26.8. The van der Waals surface area contributed by atoms with Gasteiger partial charge in [-0.05, 0) is 70.9 Å². The molecule has 1 heteroatoms. The van der Waals surface area contributed by atoms with Crippen LogP contribution in [0.4, 0.5) is 0 Å². The predicted octanol–water partition coefficient (Wildman–Crippen LogP) is 8.49. The summed E-state index contributed by atoms with van der Waals surface area (Å²) in [7, 11) is 1.04. The first kappa shape index (κ1) is 26.7. The van der Waals surface area contributed by atoms with E-state index < -0.39 is 0 Å². The molecule has 3 aromatic carbocycles. The van der Waals surface area contributed by atoms with Gasteiger partial charge < -0.3 is 0 Å². The highest BCUT2D eigenvalue weighted by atomic mass is 28.1. The van der Waals surface area contributed by atoms with Crippen LogP contribution in [0.1, 0.15) is 65.3 Å². The molecular weight excluding hydrogens is 521 g/mol. The lowest BCUT2D eigenvalue weighted by Gasteiger charge is -2.28. The van der Waals surface area contributed by atoms with Gasteiger partial charge in [-0.1, -0.05) is 150 Å². The summed E-state index contributed by atoms with van der Waals surface area (Å²) >= 11 is 0. The summed E-state index contributed by atoms with van der Waals surface area (Å²) in [5.74, 6) is 1.06. The maximum absolute atomic E-state index is 2.49. The quantitative estimate of drug-likeness (QED) is 0.282. The van der Waals surface area contributed by atoms with E-state index in [0.29, 0.717) is 0 Å². The standard InChI is InChI=1S/C41H38Si/c1-26-24-36-31(29-14-6-4-7-15-29)18-10-12-20-33(36)39(26)35-22-23-38(42)28(3)41(35)40-27(2)25-37-32(19-11-13-21-34(37)40)30-16-8-5-9-17-30/h4-25,31-32,39-40H,1-3,42H3. The van der Waals surface area contributed by atoms with Gasteiger partial charge in [0, 0.05) is 33.9 Å². The summed E-state index contributed by atoms with van der Waals surface area (Å²) < 4.78 is 0. The van der Waals surface area contributed by atoms with E-state index in [4.69, 9.17) is 0 Å². The fraction of sp³-hybridized carbons (Fsp3) is 0.171. The maximum atomic E-state index is 2.49. The molecule has 0 heterocycles. The van der Waals surface area contributed by atoms with Gasteiger partial charge in [0.1, 0.15) is 0 Å². The van der Waals surface area contributed by atoms with Crippen molar-refractivity contribution >= 4 is 15.4 Å². The van der Waals surface area contributed by atoms with Crippen molar-refractivity contribution in [3.63, 3.8) is 0 Å². The minimum Gasteiger partial charge on any atom is -0.0726 e. The molecule has 0 saturated carbocycles. The molecular formula is C41H38Si. The van der Waals surface area contributed by atoms with Crippen LogP contribution in [-0.4, -0.2) is 10.2 Å².